The first-order valence-electron chi connectivity index (χ1n) is 7.94. The zero-order valence-corrected chi connectivity index (χ0v) is 14.9. The van der Waals surface area contributed by atoms with Gasteiger partial charge in [0.1, 0.15) is 6.42 Å². The summed E-state index contributed by atoms with van der Waals surface area (Å²) in [5.41, 5.74) is 0.758. The Morgan fingerprint density at radius 3 is 2.32 bits per heavy atom. The van der Waals surface area contributed by atoms with Crippen LogP contribution >= 0.6 is 0 Å². The van der Waals surface area contributed by atoms with Gasteiger partial charge in [0, 0.05) is 25.8 Å². The van der Waals surface area contributed by atoms with Crippen LogP contribution in [0.2, 0.25) is 0 Å². The fourth-order valence-corrected chi connectivity index (χ4v) is 3.57. The smallest absolute Gasteiger partial charge is 0.369 e. The van der Waals surface area contributed by atoms with E-state index >= 15 is 0 Å². The van der Waals surface area contributed by atoms with Crippen LogP contribution in [0.5, 0.6) is 0 Å². The molecule has 25 heavy (non-hydrogen) atoms. The van der Waals surface area contributed by atoms with Crippen LogP contribution in [0.15, 0.2) is 29.2 Å². The van der Waals surface area contributed by atoms with Crippen LogP contribution < -0.4 is 4.90 Å². The molecule has 1 aromatic rings. The molecule has 0 aromatic heterocycles. The minimum absolute atomic E-state index is 0.0537. The summed E-state index contributed by atoms with van der Waals surface area (Å²) in [4.78, 5) is 15.2. The van der Waals surface area contributed by atoms with Crippen molar-refractivity contribution in [1.29, 1.82) is 0 Å². The van der Waals surface area contributed by atoms with Gasteiger partial charge in [0.05, 0.1) is 10.9 Å². The summed E-state index contributed by atoms with van der Waals surface area (Å²) in [6.07, 6.45) is -5.21. The van der Waals surface area contributed by atoms with Crippen molar-refractivity contribution >= 4 is 22.3 Å². The first-order chi connectivity index (χ1) is 11.6. The number of anilines is 1. The van der Waals surface area contributed by atoms with E-state index in [-0.39, 0.29) is 23.4 Å². The van der Waals surface area contributed by atoms with Crippen LogP contribution in [-0.4, -0.2) is 51.6 Å². The molecule has 1 aliphatic rings. The Morgan fingerprint density at radius 1 is 1.24 bits per heavy atom. The molecule has 1 amide bonds. The molecule has 140 valence electrons. The molecule has 0 spiro atoms. The molecule has 2 rings (SSSR count). The highest BCUT2D eigenvalue weighted by Gasteiger charge is 2.40. The van der Waals surface area contributed by atoms with Crippen LogP contribution in [-0.2, 0) is 15.5 Å². The number of carbonyl (C=O) groups excluding carboxylic acids is 1. The van der Waals surface area contributed by atoms with Gasteiger partial charge in [0.2, 0.25) is 5.91 Å². The average molecular weight is 378 g/mol. The number of amides is 1. The monoisotopic (exact) mass is 378 g/mol. The Morgan fingerprint density at radius 2 is 1.84 bits per heavy atom. The predicted molar refractivity (Wildman–Crippen MR) is 88.2 cm³/mol. The molecule has 0 radical (unpaired) electrons. The van der Waals surface area contributed by atoms with E-state index in [0.29, 0.717) is 6.54 Å². The van der Waals surface area contributed by atoms with E-state index < -0.39 is 29.2 Å². The Kier molecular flexibility index (Phi) is 5.97. The van der Waals surface area contributed by atoms with Crippen LogP contribution in [0.1, 0.15) is 19.8 Å². The van der Waals surface area contributed by atoms with Crippen molar-refractivity contribution in [3.05, 3.63) is 24.3 Å². The molecule has 0 saturated carbocycles. The van der Waals surface area contributed by atoms with Crippen molar-refractivity contribution in [1.82, 2.24) is 4.90 Å². The number of hydrogen-bond donors (Lipinski definition) is 1. The van der Waals surface area contributed by atoms with Gasteiger partial charge in [-0.05, 0) is 36.6 Å². The fourth-order valence-electron chi connectivity index (χ4n) is 3.18. The second-order valence-corrected chi connectivity index (χ2v) is 7.24. The highest BCUT2D eigenvalue weighted by molar-refractivity contribution is 7.72. The maximum absolute atomic E-state index is 12.5. The molecular weight excluding hydrogens is 357 g/mol. The Hall–Kier alpha value is -1.77. The molecule has 1 aromatic carbocycles. The van der Waals surface area contributed by atoms with Crippen molar-refractivity contribution in [2.75, 3.05) is 25.0 Å². The van der Waals surface area contributed by atoms with E-state index in [4.69, 9.17) is 0 Å². The van der Waals surface area contributed by atoms with Crippen molar-refractivity contribution in [3.8, 4) is 0 Å². The molecule has 2 atom stereocenters. The Balaban J connectivity index is 2.12. The minimum atomic E-state index is -4.51. The van der Waals surface area contributed by atoms with E-state index in [0.717, 1.165) is 12.1 Å². The topological polar surface area (TPSA) is 57.7 Å². The zero-order chi connectivity index (χ0) is 18.8. The first kappa shape index (κ1) is 19.6. The highest BCUT2D eigenvalue weighted by atomic mass is 32.2. The van der Waals surface area contributed by atoms with Crippen molar-refractivity contribution in [2.24, 2.45) is 5.92 Å². The zero-order valence-electron chi connectivity index (χ0n) is 14.0. The summed E-state index contributed by atoms with van der Waals surface area (Å²) in [7, 11) is -0.854. The van der Waals surface area contributed by atoms with Crippen LogP contribution in [0.25, 0.3) is 0 Å². The third kappa shape index (κ3) is 4.87. The van der Waals surface area contributed by atoms with E-state index in [2.05, 4.69) is 0 Å². The Labute approximate surface area is 146 Å². The second kappa shape index (κ2) is 7.63. The van der Waals surface area contributed by atoms with Gasteiger partial charge in [-0.3, -0.25) is 4.79 Å². The van der Waals surface area contributed by atoms with E-state index in [1.54, 1.807) is 19.2 Å². The van der Waals surface area contributed by atoms with Gasteiger partial charge in [-0.15, -0.1) is 0 Å². The lowest BCUT2D eigenvalue weighted by atomic mass is 9.99. The lowest BCUT2D eigenvalue weighted by molar-refractivity contribution is -0.160. The largest absolute Gasteiger partial charge is 0.397 e. The molecule has 0 N–H and O–H groups in total. The van der Waals surface area contributed by atoms with Crippen molar-refractivity contribution in [2.45, 2.75) is 36.9 Å². The number of carbonyl (C=O) groups is 1. The molecule has 2 unspecified atom stereocenters. The lowest BCUT2D eigenvalue weighted by Crippen LogP contribution is -2.39. The number of hydrogen-bond acceptors (Lipinski definition) is 4. The number of likely N-dealkylation sites (N-methyl/N-ethyl adjacent to an activating group) is 1. The Bertz CT molecular complexity index is 681. The normalized spacial score (nSPS) is 21.0. The SMILES string of the molecule is CCC1CN(C(=O)CC(F)(F)F)CC1N(C)c1ccc([SH](=O)=O)cc1. The van der Waals surface area contributed by atoms with Crippen LogP contribution in [0, 0.1) is 5.92 Å². The molecule has 0 bridgehead atoms. The van der Waals surface area contributed by atoms with Crippen LogP contribution in [0.3, 0.4) is 0 Å². The van der Waals surface area contributed by atoms with Gasteiger partial charge in [-0.2, -0.15) is 13.2 Å². The van der Waals surface area contributed by atoms with E-state index in [9.17, 15) is 26.4 Å². The molecular formula is C16H21F3N2O3S. The third-order valence-electron chi connectivity index (χ3n) is 4.60. The van der Waals surface area contributed by atoms with Crippen molar-refractivity contribution < 1.29 is 26.4 Å². The van der Waals surface area contributed by atoms with Gasteiger partial charge >= 0.3 is 6.18 Å². The average Bonchev–Trinajstić information content (AvgIpc) is 2.97. The summed E-state index contributed by atoms with van der Waals surface area (Å²) in [6, 6.07) is 6.18. The summed E-state index contributed by atoms with van der Waals surface area (Å²) < 4.78 is 59.3. The maximum Gasteiger partial charge on any atom is 0.397 e. The van der Waals surface area contributed by atoms with Crippen molar-refractivity contribution in [3.63, 3.8) is 0 Å². The van der Waals surface area contributed by atoms with Gasteiger partial charge in [-0.25, -0.2) is 8.42 Å². The van der Waals surface area contributed by atoms with Gasteiger partial charge in [0.25, 0.3) is 0 Å². The van der Waals surface area contributed by atoms with Crippen LogP contribution in [0.4, 0.5) is 18.9 Å². The van der Waals surface area contributed by atoms with E-state index in [1.807, 2.05) is 11.8 Å². The predicted octanol–water partition coefficient (Wildman–Crippen LogP) is 2.28. The summed E-state index contributed by atoms with van der Waals surface area (Å²) in [6.45, 7) is 2.46. The lowest BCUT2D eigenvalue weighted by Gasteiger charge is -2.30. The molecule has 0 aliphatic carbocycles. The quantitative estimate of drug-likeness (QED) is 0.799. The van der Waals surface area contributed by atoms with Gasteiger partial charge < -0.3 is 9.80 Å². The number of halogens is 3. The summed E-state index contributed by atoms with van der Waals surface area (Å²) in [5.74, 6) is -0.849. The molecule has 1 aliphatic heterocycles. The highest BCUT2D eigenvalue weighted by Crippen LogP contribution is 2.30. The molecule has 1 fully saturated rings. The summed E-state index contributed by atoms with van der Waals surface area (Å²) >= 11 is 0. The number of alkyl halides is 3. The number of thiol groups is 1. The number of nitrogens with zero attached hydrogens (tertiary/aromatic N) is 2. The maximum atomic E-state index is 12.5. The number of likely N-dealkylation sites (tertiary alicyclic amines) is 1. The fraction of sp³-hybridized carbons (Fsp3) is 0.562. The second-order valence-electron chi connectivity index (χ2n) is 6.21. The summed E-state index contributed by atoms with van der Waals surface area (Å²) in [5, 5.41) is 0. The first-order valence-corrected chi connectivity index (χ1v) is 9.12. The molecule has 1 heterocycles. The van der Waals surface area contributed by atoms with Gasteiger partial charge in [0.15, 0.2) is 10.7 Å². The number of rotatable bonds is 5. The standard InChI is InChI=1S/C16H21F3N2O3S/c1-3-11-9-21(15(22)8-16(17,18)19)10-14(11)20(2)12-4-6-13(7-5-12)25(23)24/h4-7,11,14,25H,3,8-10H2,1-2H3. The number of benzene rings is 1. The third-order valence-corrected chi connectivity index (χ3v) is 5.32. The molecule has 5 nitrogen and oxygen atoms in total. The molecule has 9 heteroatoms. The molecule has 1 saturated heterocycles. The van der Waals surface area contributed by atoms with E-state index in [1.165, 1.54) is 17.0 Å². The van der Waals surface area contributed by atoms with Gasteiger partial charge in [-0.1, -0.05) is 6.92 Å². The minimum Gasteiger partial charge on any atom is -0.369 e.